The molecule has 0 radical (unpaired) electrons. The van der Waals surface area contributed by atoms with E-state index in [9.17, 15) is 9.18 Å². The highest BCUT2D eigenvalue weighted by molar-refractivity contribution is 5.96. The monoisotopic (exact) mass is 447 g/mol. The van der Waals surface area contributed by atoms with Crippen molar-refractivity contribution in [2.75, 3.05) is 12.8 Å². The van der Waals surface area contributed by atoms with E-state index in [1.807, 2.05) is 19.1 Å². The first-order valence-corrected chi connectivity index (χ1v) is 10.5. The number of fused-ring (bicyclic) bond motifs is 1. The van der Waals surface area contributed by atoms with Gasteiger partial charge >= 0.3 is 0 Å². The van der Waals surface area contributed by atoms with Crippen LogP contribution >= 0.6 is 0 Å². The number of halogens is 1. The van der Waals surface area contributed by atoms with Gasteiger partial charge in [0.1, 0.15) is 5.75 Å². The fourth-order valence-electron chi connectivity index (χ4n) is 3.62. The number of methoxy groups -OCH3 is 1. The molecule has 33 heavy (non-hydrogen) atoms. The Balaban J connectivity index is 1.48. The fraction of sp³-hybridized carbons (Fsp3) is 0.208. The van der Waals surface area contributed by atoms with Crippen LogP contribution in [0.1, 0.15) is 28.8 Å². The van der Waals surface area contributed by atoms with E-state index >= 15 is 0 Å². The minimum Gasteiger partial charge on any atom is -0.494 e. The molecule has 2 aromatic carbocycles. The predicted octanol–water partition coefficient (Wildman–Crippen LogP) is 4.12. The Bertz CT molecular complexity index is 1380. The Hall–Kier alpha value is -4.14. The number of anilines is 1. The summed E-state index contributed by atoms with van der Waals surface area (Å²) >= 11 is 0. The number of nitrogens with zero attached hydrogens (tertiary/aromatic N) is 3. The number of hydrogen-bond donors (Lipinski definition) is 2. The number of benzene rings is 2. The van der Waals surface area contributed by atoms with Gasteiger partial charge in [-0.3, -0.25) is 4.79 Å². The first kappa shape index (κ1) is 20.7. The molecule has 0 atom stereocenters. The Morgan fingerprint density at radius 3 is 2.73 bits per heavy atom. The van der Waals surface area contributed by atoms with Crippen molar-refractivity contribution in [3.8, 4) is 28.6 Å². The molecule has 168 valence electrons. The van der Waals surface area contributed by atoms with Crippen LogP contribution in [0.2, 0.25) is 0 Å². The number of imidazole rings is 1. The molecule has 5 rings (SSSR count). The molecule has 1 fully saturated rings. The van der Waals surface area contributed by atoms with E-state index in [1.54, 1.807) is 22.8 Å². The molecule has 0 saturated heterocycles. The Morgan fingerprint density at radius 1 is 1.21 bits per heavy atom. The van der Waals surface area contributed by atoms with Crippen molar-refractivity contribution in [2.45, 2.75) is 25.8 Å². The zero-order valence-electron chi connectivity index (χ0n) is 18.1. The SMILES string of the molecule is COc1ccc(Oc2cc(N)c3ncc(-c4ccc(C(=O)NC5CC5)c(C)c4)n3n2)cc1F. The van der Waals surface area contributed by atoms with Crippen molar-refractivity contribution < 1.29 is 18.7 Å². The molecule has 0 unspecified atom stereocenters. The van der Waals surface area contributed by atoms with Crippen LogP contribution in [0.4, 0.5) is 10.1 Å². The summed E-state index contributed by atoms with van der Waals surface area (Å²) in [6.07, 6.45) is 3.73. The second kappa shape index (κ2) is 8.09. The van der Waals surface area contributed by atoms with Gasteiger partial charge in [-0.1, -0.05) is 6.07 Å². The van der Waals surface area contributed by atoms with E-state index in [-0.39, 0.29) is 23.3 Å². The molecule has 2 aromatic heterocycles. The lowest BCUT2D eigenvalue weighted by molar-refractivity contribution is 0.0950. The molecule has 1 aliphatic rings. The van der Waals surface area contributed by atoms with Crippen molar-refractivity contribution in [2.24, 2.45) is 0 Å². The average Bonchev–Trinajstić information content (AvgIpc) is 3.49. The van der Waals surface area contributed by atoms with Crippen molar-refractivity contribution >= 4 is 17.2 Å². The second-order valence-electron chi connectivity index (χ2n) is 7.99. The number of carbonyl (C=O) groups is 1. The van der Waals surface area contributed by atoms with Gasteiger partial charge in [0.25, 0.3) is 5.91 Å². The summed E-state index contributed by atoms with van der Waals surface area (Å²) in [4.78, 5) is 16.8. The van der Waals surface area contributed by atoms with Crippen LogP contribution in [-0.2, 0) is 0 Å². The zero-order chi connectivity index (χ0) is 23.1. The number of aryl methyl sites for hydroxylation is 1. The van der Waals surface area contributed by atoms with E-state index in [4.69, 9.17) is 15.2 Å². The van der Waals surface area contributed by atoms with E-state index in [0.717, 1.165) is 24.0 Å². The van der Waals surface area contributed by atoms with Crippen molar-refractivity contribution in [1.29, 1.82) is 0 Å². The third-order valence-electron chi connectivity index (χ3n) is 5.50. The summed E-state index contributed by atoms with van der Waals surface area (Å²) in [5.41, 5.74) is 9.98. The third-order valence-corrected chi connectivity index (χ3v) is 5.50. The van der Waals surface area contributed by atoms with Gasteiger partial charge in [-0.05, 0) is 49.6 Å². The highest BCUT2D eigenvalue weighted by Gasteiger charge is 2.24. The number of nitrogen functional groups attached to an aromatic ring is 1. The van der Waals surface area contributed by atoms with Crippen molar-refractivity contribution in [3.63, 3.8) is 0 Å². The van der Waals surface area contributed by atoms with Crippen LogP contribution in [0.15, 0.2) is 48.7 Å². The maximum Gasteiger partial charge on any atom is 0.251 e. The lowest BCUT2D eigenvalue weighted by Gasteiger charge is -2.10. The number of rotatable bonds is 6. The molecule has 0 aliphatic heterocycles. The van der Waals surface area contributed by atoms with Crippen molar-refractivity contribution in [1.82, 2.24) is 19.9 Å². The summed E-state index contributed by atoms with van der Waals surface area (Å²) in [5.74, 6) is -0.0611. The molecule has 1 aliphatic carbocycles. The minimum absolute atomic E-state index is 0.0653. The molecule has 4 aromatic rings. The normalized spacial score (nSPS) is 13.2. The lowest BCUT2D eigenvalue weighted by atomic mass is 10.0. The van der Waals surface area contributed by atoms with Gasteiger partial charge in [-0.15, -0.1) is 5.10 Å². The summed E-state index contributed by atoms with van der Waals surface area (Å²) in [6, 6.07) is 11.6. The largest absolute Gasteiger partial charge is 0.494 e. The minimum atomic E-state index is -0.548. The van der Waals surface area contributed by atoms with Crippen LogP contribution in [-0.4, -0.2) is 33.7 Å². The molecule has 1 amide bonds. The quantitative estimate of drug-likeness (QED) is 0.461. The standard InChI is InChI=1S/C24H22FN5O3/c1-13-9-14(3-7-17(13)24(31)28-15-4-5-15)20-12-27-23-19(26)11-22(29-30(20)23)33-16-6-8-21(32-2)18(25)10-16/h3,6-12,15H,4-5,26H2,1-2H3,(H,28,31). The molecule has 0 spiro atoms. The molecule has 9 heteroatoms. The Labute approximate surface area is 189 Å². The number of amides is 1. The van der Waals surface area contributed by atoms with Gasteiger partial charge in [-0.25, -0.2) is 13.9 Å². The zero-order valence-corrected chi connectivity index (χ0v) is 18.1. The number of hydrogen-bond acceptors (Lipinski definition) is 6. The number of nitrogens with one attached hydrogen (secondary N) is 1. The van der Waals surface area contributed by atoms with Crippen LogP contribution in [0.5, 0.6) is 17.4 Å². The van der Waals surface area contributed by atoms with Crippen LogP contribution in [0.3, 0.4) is 0 Å². The van der Waals surface area contributed by atoms with Crippen LogP contribution < -0.4 is 20.5 Å². The first-order valence-electron chi connectivity index (χ1n) is 10.5. The smallest absolute Gasteiger partial charge is 0.251 e. The molecular weight excluding hydrogens is 425 g/mol. The van der Waals surface area contributed by atoms with E-state index in [0.29, 0.717) is 28.6 Å². The second-order valence-corrected chi connectivity index (χ2v) is 7.99. The summed E-state index contributed by atoms with van der Waals surface area (Å²) in [5, 5.41) is 7.50. The highest BCUT2D eigenvalue weighted by Crippen LogP contribution is 2.30. The maximum absolute atomic E-state index is 14.0. The summed E-state index contributed by atoms with van der Waals surface area (Å²) in [6.45, 7) is 1.89. The van der Waals surface area contributed by atoms with Gasteiger partial charge < -0.3 is 20.5 Å². The molecule has 3 N–H and O–H groups in total. The third kappa shape index (κ3) is 4.05. The average molecular weight is 447 g/mol. The van der Waals surface area contributed by atoms with Gasteiger partial charge in [0.2, 0.25) is 5.88 Å². The number of ether oxygens (including phenoxy) is 2. The number of carbonyl (C=O) groups excluding carboxylic acids is 1. The van der Waals surface area contributed by atoms with Crippen LogP contribution in [0, 0.1) is 12.7 Å². The van der Waals surface area contributed by atoms with Gasteiger partial charge in [0.05, 0.1) is 24.7 Å². The van der Waals surface area contributed by atoms with E-state index < -0.39 is 5.82 Å². The molecule has 0 bridgehead atoms. The van der Waals surface area contributed by atoms with Crippen molar-refractivity contribution in [3.05, 3.63) is 65.6 Å². The Morgan fingerprint density at radius 2 is 2.03 bits per heavy atom. The fourth-order valence-corrected chi connectivity index (χ4v) is 3.62. The Kier molecular flexibility index (Phi) is 5.08. The maximum atomic E-state index is 14.0. The van der Waals surface area contributed by atoms with Gasteiger partial charge in [-0.2, -0.15) is 0 Å². The summed E-state index contributed by atoms with van der Waals surface area (Å²) in [7, 11) is 1.39. The lowest BCUT2D eigenvalue weighted by Crippen LogP contribution is -2.26. The molecule has 1 saturated carbocycles. The summed E-state index contributed by atoms with van der Waals surface area (Å²) < 4.78 is 26.3. The van der Waals surface area contributed by atoms with Gasteiger partial charge in [0, 0.05) is 29.3 Å². The molecule has 2 heterocycles. The molecule has 8 nitrogen and oxygen atoms in total. The first-order chi connectivity index (χ1) is 15.9. The van der Waals surface area contributed by atoms with Crippen LogP contribution in [0.25, 0.3) is 16.9 Å². The number of nitrogens with two attached hydrogens (primary N) is 1. The van der Waals surface area contributed by atoms with E-state index in [2.05, 4.69) is 15.4 Å². The number of aromatic nitrogens is 3. The predicted molar refractivity (Wildman–Crippen MR) is 121 cm³/mol. The van der Waals surface area contributed by atoms with Gasteiger partial charge in [0.15, 0.2) is 17.2 Å². The van der Waals surface area contributed by atoms with E-state index in [1.165, 1.54) is 25.3 Å². The topological polar surface area (TPSA) is 104 Å². The molecular formula is C24H22FN5O3. The highest BCUT2D eigenvalue weighted by atomic mass is 19.1.